The maximum Gasteiger partial charge on any atom is 0.123 e. The fourth-order valence-corrected chi connectivity index (χ4v) is 2.92. The Morgan fingerprint density at radius 3 is 3.13 bits per heavy atom. The molecule has 3 heteroatoms. The number of fused-ring (bicyclic) bond motifs is 2. The molecule has 2 aliphatic rings. The number of halogens is 1. The summed E-state index contributed by atoms with van der Waals surface area (Å²) in [5.41, 5.74) is 1.35. The molecular formula is C12H13ClO2. The van der Waals surface area contributed by atoms with E-state index in [0.29, 0.717) is 5.92 Å². The zero-order valence-corrected chi connectivity index (χ0v) is 9.13. The van der Waals surface area contributed by atoms with Crippen molar-refractivity contribution in [1.29, 1.82) is 0 Å². The topological polar surface area (TPSA) is 29.5 Å². The second-order valence-corrected chi connectivity index (χ2v) is 4.92. The van der Waals surface area contributed by atoms with Crippen molar-refractivity contribution in [2.45, 2.75) is 18.3 Å². The third-order valence-electron chi connectivity index (χ3n) is 3.74. The lowest BCUT2D eigenvalue weighted by atomic mass is 9.88. The molecule has 1 aromatic rings. The fraction of sp³-hybridized carbons (Fsp3) is 0.500. The highest BCUT2D eigenvalue weighted by molar-refractivity contribution is 6.30. The summed E-state index contributed by atoms with van der Waals surface area (Å²) in [5, 5.41) is 10.00. The van der Waals surface area contributed by atoms with Gasteiger partial charge in [0.15, 0.2) is 0 Å². The smallest absolute Gasteiger partial charge is 0.123 e. The number of aliphatic hydroxyl groups excluding tert-OH is 1. The van der Waals surface area contributed by atoms with Crippen LogP contribution in [0.3, 0.4) is 0 Å². The van der Waals surface area contributed by atoms with Crippen LogP contribution in [0, 0.1) is 5.92 Å². The standard InChI is InChI=1S/C12H13ClO2/c13-9-1-2-11-10(5-9)12(3-4-15-11)6-8(12)7-14/h1-2,5,8,14H,3-4,6-7H2/t8-,12-/m1/s1. The van der Waals surface area contributed by atoms with Gasteiger partial charge in [-0.3, -0.25) is 0 Å². The predicted octanol–water partition coefficient (Wildman–Crippen LogP) is 2.37. The molecule has 0 aromatic heterocycles. The number of hydrogen-bond donors (Lipinski definition) is 1. The van der Waals surface area contributed by atoms with Gasteiger partial charge in [0.25, 0.3) is 0 Å². The number of hydrogen-bond acceptors (Lipinski definition) is 2. The van der Waals surface area contributed by atoms with E-state index in [9.17, 15) is 5.11 Å². The maximum atomic E-state index is 9.24. The van der Waals surface area contributed by atoms with E-state index in [1.54, 1.807) is 0 Å². The minimum Gasteiger partial charge on any atom is -0.493 e. The minimum absolute atomic E-state index is 0.160. The molecule has 1 aromatic carbocycles. The van der Waals surface area contributed by atoms with Gasteiger partial charge in [-0.2, -0.15) is 0 Å². The van der Waals surface area contributed by atoms with Gasteiger partial charge < -0.3 is 9.84 Å². The molecule has 80 valence electrons. The Morgan fingerprint density at radius 1 is 1.53 bits per heavy atom. The first-order valence-corrected chi connectivity index (χ1v) is 5.68. The fourth-order valence-electron chi connectivity index (χ4n) is 2.75. The van der Waals surface area contributed by atoms with Crippen LogP contribution >= 0.6 is 11.6 Å². The Bertz CT molecular complexity index is 405. The van der Waals surface area contributed by atoms with Crippen LogP contribution in [-0.2, 0) is 5.41 Å². The van der Waals surface area contributed by atoms with Crippen molar-refractivity contribution in [1.82, 2.24) is 0 Å². The Balaban J connectivity index is 2.07. The molecular weight excluding hydrogens is 212 g/mol. The summed E-state index contributed by atoms with van der Waals surface area (Å²) in [6.07, 6.45) is 2.08. The van der Waals surface area contributed by atoms with Crippen LogP contribution in [0.2, 0.25) is 5.02 Å². The molecule has 1 aliphatic heterocycles. The summed E-state index contributed by atoms with van der Waals surface area (Å²) in [7, 11) is 0. The van der Waals surface area contributed by atoms with Crippen molar-refractivity contribution in [3.8, 4) is 5.75 Å². The molecule has 0 bridgehead atoms. The van der Waals surface area contributed by atoms with Crippen LogP contribution < -0.4 is 4.74 Å². The van der Waals surface area contributed by atoms with Crippen LogP contribution in [0.15, 0.2) is 18.2 Å². The third kappa shape index (κ3) is 1.28. The first-order valence-electron chi connectivity index (χ1n) is 5.30. The van der Waals surface area contributed by atoms with E-state index < -0.39 is 0 Å². The molecule has 2 nitrogen and oxygen atoms in total. The molecule has 0 radical (unpaired) electrons. The van der Waals surface area contributed by atoms with Gasteiger partial charge >= 0.3 is 0 Å². The normalized spacial score (nSPS) is 32.3. The van der Waals surface area contributed by atoms with E-state index >= 15 is 0 Å². The molecule has 1 spiro atoms. The lowest BCUT2D eigenvalue weighted by Crippen LogP contribution is -2.22. The zero-order valence-electron chi connectivity index (χ0n) is 8.37. The zero-order chi connectivity index (χ0) is 10.5. The third-order valence-corrected chi connectivity index (χ3v) is 3.97. The molecule has 1 aliphatic carbocycles. The Morgan fingerprint density at radius 2 is 2.40 bits per heavy atom. The largest absolute Gasteiger partial charge is 0.493 e. The second kappa shape index (κ2) is 3.13. The average molecular weight is 225 g/mol. The molecule has 0 saturated heterocycles. The molecule has 0 amide bonds. The summed E-state index contributed by atoms with van der Waals surface area (Å²) in [4.78, 5) is 0. The van der Waals surface area contributed by atoms with E-state index in [4.69, 9.17) is 16.3 Å². The van der Waals surface area contributed by atoms with Gasteiger partial charge in [0.1, 0.15) is 5.75 Å². The molecule has 1 saturated carbocycles. The first kappa shape index (κ1) is 9.49. The van der Waals surface area contributed by atoms with Crippen molar-refractivity contribution in [2.24, 2.45) is 5.92 Å². The molecule has 1 heterocycles. The molecule has 2 atom stereocenters. The first-order chi connectivity index (χ1) is 7.26. The molecule has 3 rings (SSSR count). The van der Waals surface area contributed by atoms with Crippen LogP contribution in [0.1, 0.15) is 18.4 Å². The van der Waals surface area contributed by atoms with Crippen molar-refractivity contribution in [2.75, 3.05) is 13.2 Å². The van der Waals surface area contributed by atoms with Gasteiger partial charge in [-0.15, -0.1) is 0 Å². The van der Waals surface area contributed by atoms with Gasteiger partial charge in [0, 0.05) is 22.6 Å². The van der Waals surface area contributed by atoms with Gasteiger partial charge in [0.05, 0.1) is 6.61 Å². The molecule has 0 unspecified atom stereocenters. The monoisotopic (exact) mass is 224 g/mol. The SMILES string of the molecule is OC[C@H]1C[C@]12CCOc1ccc(Cl)cc12. The van der Waals surface area contributed by atoms with E-state index in [0.717, 1.165) is 30.2 Å². The summed E-state index contributed by atoms with van der Waals surface area (Å²) in [5.74, 6) is 1.35. The van der Waals surface area contributed by atoms with E-state index in [1.165, 1.54) is 5.56 Å². The van der Waals surface area contributed by atoms with Gasteiger partial charge in [-0.05, 0) is 37.0 Å². The number of aliphatic hydroxyl groups is 1. The Labute approximate surface area is 93.8 Å². The minimum atomic E-state index is 0.160. The maximum absolute atomic E-state index is 9.24. The summed E-state index contributed by atoms with van der Waals surface area (Å²) in [6.45, 7) is 1.02. The quantitative estimate of drug-likeness (QED) is 0.794. The van der Waals surface area contributed by atoms with Crippen molar-refractivity contribution < 1.29 is 9.84 Å². The number of rotatable bonds is 1. The summed E-state index contributed by atoms with van der Waals surface area (Å²) >= 11 is 6.00. The molecule has 1 fully saturated rings. The Kier molecular flexibility index (Phi) is 1.98. The lowest BCUT2D eigenvalue weighted by molar-refractivity contribution is 0.224. The van der Waals surface area contributed by atoms with Gasteiger partial charge in [0.2, 0.25) is 0 Å². The summed E-state index contributed by atoms with van der Waals surface area (Å²) < 4.78 is 5.61. The van der Waals surface area contributed by atoms with Crippen LogP contribution in [0.25, 0.3) is 0 Å². The molecule has 1 N–H and O–H groups in total. The highest BCUT2D eigenvalue weighted by Gasteiger charge is 2.57. The van der Waals surface area contributed by atoms with Crippen LogP contribution in [0.5, 0.6) is 5.75 Å². The van der Waals surface area contributed by atoms with Crippen molar-refractivity contribution in [3.05, 3.63) is 28.8 Å². The van der Waals surface area contributed by atoms with Gasteiger partial charge in [-0.25, -0.2) is 0 Å². The average Bonchev–Trinajstić information content (AvgIpc) is 2.94. The Hall–Kier alpha value is -0.730. The van der Waals surface area contributed by atoms with E-state index in [2.05, 4.69) is 0 Å². The predicted molar refractivity (Wildman–Crippen MR) is 58.4 cm³/mol. The molecule has 15 heavy (non-hydrogen) atoms. The highest BCUT2D eigenvalue weighted by Crippen LogP contribution is 2.60. The van der Waals surface area contributed by atoms with Crippen molar-refractivity contribution in [3.63, 3.8) is 0 Å². The van der Waals surface area contributed by atoms with Crippen molar-refractivity contribution >= 4 is 11.6 Å². The second-order valence-electron chi connectivity index (χ2n) is 4.48. The van der Waals surface area contributed by atoms with Crippen LogP contribution in [-0.4, -0.2) is 18.3 Å². The number of ether oxygens (including phenoxy) is 1. The van der Waals surface area contributed by atoms with Crippen LogP contribution in [0.4, 0.5) is 0 Å². The van der Waals surface area contributed by atoms with E-state index in [1.807, 2.05) is 18.2 Å². The lowest BCUT2D eigenvalue weighted by Gasteiger charge is -2.27. The summed E-state index contributed by atoms with van der Waals surface area (Å²) in [6, 6.07) is 5.78. The highest BCUT2D eigenvalue weighted by atomic mass is 35.5. The van der Waals surface area contributed by atoms with E-state index in [-0.39, 0.29) is 12.0 Å². The van der Waals surface area contributed by atoms with Gasteiger partial charge in [-0.1, -0.05) is 11.6 Å². The number of benzene rings is 1.